The first-order chi connectivity index (χ1) is 9.99. The van der Waals surface area contributed by atoms with E-state index in [0.29, 0.717) is 6.42 Å². The number of amides is 1. The molecule has 2 heterocycles. The Labute approximate surface area is 129 Å². The molecular weight excluding hydrogens is 282 g/mol. The largest absolute Gasteiger partial charge is 0.369 e. The lowest BCUT2D eigenvalue weighted by Gasteiger charge is -2.33. The summed E-state index contributed by atoms with van der Waals surface area (Å²) in [7, 11) is 1.66. The van der Waals surface area contributed by atoms with Gasteiger partial charge in [0, 0.05) is 12.8 Å². The van der Waals surface area contributed by atoms with Crippen molar-refractivity contribution in [2.45, 2.75) is 25.3 Å². The van der Waals surface area contributed by atoms with Gasteiger partial charge in [-0.15, -0.1) is 11.8 Å². The van der Waals surface area contributed by atoms with Gasteiger partial charge in [-0.2, -0.15) is 0 Å². The van der Waals surface area contributed by atoms with Gasteiger partial charge in [0.15, 0.2) is 5.96 Å². The van der Waals surface area contributed by atoms with E-state index in [9.17, 15) is 4.79 Å². The molecule has 0 bridgehead atoms. The Kier molecular flexibility index (Phi) is 3.53. The fourth-order valence-electron chi connectivity index (χ4n) is 2.73. The lowest BCUT2D eigenvalue weighted by Crippen LogP contribution is -2.47. The lowest BCUT2D eigenvalue weighted by atomic mass is 9.86. The van der Waals surface area contributed by atoms with E-state index >= 15 is 0 Å². The SMILES string of the molecule is CN1C(=O)CC(C)(c2cccc(C3=CSCC3)c2)N=C1N. The van der Waals surface area contributed by atoms with Crippen LogP contribution in [-0.2, 0) is 10.3 Å². The average molecular weight is 301 g/mol. The molecule has 3 rings (SSSR count). The first-order valence-electron chi connectivity index (χ1n) is 7.03. The highest BCUT2D eigenvalue weighted by molar-refractivity contribution is 8.02. The third-order valence-corrected chi connectivity index (χ3v) is 5.04. The summed E-state index contributed by atoms with van der Waals surface area (Å²) in [6.07, 6.45) is 1.44. The van der Waals surface area contributed by atoms with Crippen LogP contribution in [0.2, 0.25) is 0 Å². The van der Waals surface area contributed by atoms with E-state index in [2.05, 4.69) is 22.5 Å². The van der Waals surface area contributed by atoms with Gasteiger partial charge in [-0.1, -0.05) is 18.2 Å². The summed E-state index contributed by atoms with van der Waals surface area (Å²) in [6, 6.07) is 8.33. The van der Waals surface area contributed by atoms with Gasteiger partial charge in [-0.25, -0.2) is 4.99 Å². The quantitative estimate of drug-likeness (QED) is 0.913. The van der Waals surface area contributed by atoms with Crippen LogP contribution >= 0.6 is 11.8 Å². The van der Waals surface area contributed by atoms with Gasteiger partial charge in [-0.3, -0.25) is 9.69 Å². The second-order valence-corrected chi connectivity index (χ2v) is 6.70. The summed E-state index contributed by atoms with van der Waals surface area (Å²) in [6.45, 7) is 1.97. The molecule has 0 fully saturated rings. The number of hydrogen-bond acceptors (Lipinski definition) is 4. The molecule has 1 aromatic rings. The lowest BCUT2D eigenvalue weighted by molar-refractivity contribution is -0.128. The molecule has 4 nitrogen and oxygen atoms in total. The zero-order valence-electron chi connectivity index (χ0n) is 12.3. The number of allylic oxidation sites excluding steroid dienone is 1. The van der Waals surface area contributed by atoms with E-state index in [1.54, 1.807) is 7.05 Å². The van der Waals surface area contributed by atoms with Gasteiger partial charge in [-0.05, 0) is 41.5 Å². The predicted molar refractivity (Wildman–Crippen MR) is 87.9 cm³/mol. The Balaban J connectivity index is 2.00. The Hall–Kier alpha value is -1.75. The normalized spacial score (nSPS) is 25.8. The van der Waals surface area contributed by atoms with E-state index in [0.717, 1.165) is 17.7 Å². The monoisotopic (exact) mass is 301 g/mol. The number of nitrogens with two attached hydrogens (primary N) is 1. The van der Waals surface area contributed by atoms with E-state index in [4.69, 9.17) is 5.73 Å². The minimum Gasteiger partial charge on any atom is -0.369 e. The van der Waals surface area contributed by atoms with E-state index in [1.807, 2.05) is 30.8 Å². The molecular formula is C16H19N3OS. The molecule has 21 heavy (non-hydrogen) atoms. The van der Waals surface area contributed by atoms with Gasteiger partial charge in [0.25, 0.3) is 0 Å². The molecule has 1 unspecified atom stereocenters. The molecule has 0 saturated heterocycles. The molecule has 0 saturated carbocycles. The molecule has 0 radical (unpaired) electrons. The Morgan fingerprint density at radius 1 is 1.43 bits per heavy atom. The average Bonchev–Trinajstić information content (AvgIpc) is 2.99. The van der Waals surface area contributed by atoms with Crippen LogP contribution in [0.3, 0.4) is 0 Å². The molecule has 2 aliphatic heterocycles. The smallest absolute Gasteiger partial charge is 0.231 e. The number of hydrogen-bond donors (Lipinski definition) is 1. The number of aliphatic imine (C=N–C) groups is 1. The first kappa shape index (κ1) is 14.2. The van der Waals surface area contributed by atoms with Gasteiger partial charge in [0.2, 0.25) is 5.91 Å². The van der Waals surface area contributed by atoms with Gasteiger partial charge < -0.3 is 5.73 Å². The number of nitrogens with zero attached hydrogens (tertiary/aromatic N) is 2. The van der Waals surface area contributed by atoms with Crippen molar-refractivity contribution in [3.63, 3.8) is 0 Å². The van der Waals surface area contributed by atoms with Gasteiger partial charge in [0.1, 0.15) is 0 Å². The molecule has 2 aliphatic rings. The maximum Gasteiger partial charge on any atom is 0.231 e. The van der Waals surface area contributed by atoms with Crippen molar-refractivity contribution in [1.29, 1.82) is 0 Å². The van der Waals surface area contributed by atoms with Gasteiger partial charge in [0.05, 0.1) is 12.0 Å². The molecule has 1 amide bonds. The Morgan fingerprint density at radius 3 is 2.90 bits per heavy atom. The minimum absolute atomic E-state index is 0.00559. The Morgan fingerprint density at radius 2 is 2.24 bits per heavy atom. The van der Waals surface area contributed by atoms with Crippen molar-refractivity contribution in [1.82, 2.24) is 4.90 Å². The van der Waals surface area contributed by atoms with Gasteiger partial charge >= 0.3 is 0 Å². The highest BCUT2D eigenvalue weighted by Gasteiger charge is 2.36. The van der Waals surface area contributed by atoms with Crippen molar-refractivity contribution in [3.8, 4) is 0 Å². The molecule has 0 aromatic heterocycles. The fourth-order valence-corrected chi connectivity index (χ4v) is 3.64. The Bertz CT molecular complexity index is 653. The van der Waals surface area contributed by atoms with Crippen LogP contribution in [-0.4, -0.2) is 29.6 Å². The van der Waals surface area contributed by atoms with Crippen molar-refractivity contribution < 1.29 is 4.79 Å². The second kappa shape index (κ2) is 5.22. The summed E-state index contributed by atoms with van der Waals surface area (Å²) in [5.74, 6) is 1.44. The van der Waals surface area contributed by atoms with E-state index in [1.165, 1.54) is 16.0 Å². The number of carbonyl (C=O) groups excluding carboxylic acids is 1. The molecule has 2 N–H and O–H groups in total. The van der Waals surface area contributed by atoms with Crippen LogP contribution in [0.5, 0.6) is 0 Å². The van der Waals surface area contributed by atoms with Crippen LogP contribution in [0.1, 0.15) is 30.9 Å². The standard InChI is InChI=1S/C16H19N3OS/c1-16(9-14(20)19(2)15(17)18-16)13-5-3-4-11(8-13)12-6-7-21-10-12/h3-5,8,10H,6-7,9H2,1-2H3,(H2,17,18). The minimum atomic E-state index is -0.573. The van der Waals surface area contributed by atoms with Crippen molar-refractivity contribution in [2.75, 3.05) is 12.8 Å². The van der Waals surface area contributed by atoms with Crippen LogP contribution in [0.25, 0.3) is 5.57 Å². The zero-order valence-corrected chi connectivity index (χ0v) is 13.1. The third-order valence-electron chi connectivity index (χ3n) is 4.14. The predicted octanol–water partition coefficient (Wildman–Crippen LogP) is 2.56. The van der Waals surface area contributed by atoms with E-state index in [-0.39, 0.29) is 11.9 Å². The highest BCUT2D eigenvalue weighted by atomic mass is 32.2. The van der Waals surface area contributed by atoms with Crippen LogP contribution in [0.15, 0.2) is 34.7 Å². The third kappa shape index (κ3) is 2.58. The maximum atomic E-state index is 12.1. The molecule has 1 aromatic carbocycles. The van der Waals surface area contributed by atoms with Crippen LogP contribution < -0.4 is 5.73 Å². The molecule has 5 heteroatoms. The maximum absolute atomic E-state index is 12.1. The number of benzene rings is 1. The van der Waals surface area contributed by atoms with Crippen molar-refractivity contribution in [2.24, 2.45) is 10.7 Å². The fraction of sp³-hybridized carbons (Fsp3) is 0.375. The second-order valence-electron chi connectivity index (χ2n) is 5.72. The molecule has 110 valence electrons. The summed E-state index contributed by atoms with van der Waals surface area (Å²) in [4.78, 5) is 18.1. The summed E-state index contributed by atoms with van der Waals surface area (Å²) in [5.41, 5.74) is 8.94. The molecule has 1 atom stereocenters. The number of guanidine groups is 1. The van der Waals surface area contributed by atoms with Crippen LogP contribution in [0, 0.1) is 0 Å². The molecule has 0 aliphatic carbocycles. The molecule has 0 spiro atoms. The zero-order chi connectivity index (χ0) is 15.0. The topological polar surface area (TPSA) is 58.7 Å². The number of thioether (sulfide) groups is 1. The number of rotatable bonds is 2. The summed E-state index contributed by atoms with van der Waals surface area (Å²) in [5, 5.41) is 2.22. The van der Waals surface area contributed by atoms with E-state index < -0.39 is 5.54 Å². The van der Waals surface area contributed by atoms with Crippen LogP contribution in [0.4, 0.5) is 0 Å². The summed E-state index contributed by atoms with van der Waals surface area (Å²) < 4.78 is 0. The van der Waals surface area contributed by atoms with Crippen molar-refractivity contribution >= 4 is 29.2 Å². The number of carbonyl (C=O) groups is 1. The first-order valence-corrected chi connectivity index (χ1v) is 8.08. The highest BCUT2D eigenvalue weighted by Crippen LogP contribution is 2.36. The summed E-state index contributed by atoms with van der Waals surface area (Å²) >= 11 is 1.85. The van der Waals surface area contributed by atoms with Crippen molar-refractivity contribution in [3.05, 3.63) is 40.8 Å².